The Hall–Kier alpha value is -1.34. The second-order valence-corrected chi connectivity index (χ2v) is 4.35. The van der Waals surface area contributed by atoms with Crippen LogP contribution in [-0.4, -0.2) is 39.7 Å². The molecule has 0 radical (unpaired) electrons. The number of thioether (sulfide) groups is 1. The number of hydrogen-bond acceptors (Lipinski definition) is 6. The van der Waals surface area contributed by atoms with Crippen molar-refractivity contribution in [1.29, 1.82) is 0 Å². The van der Waals surface area contributed by atoms with Crippen LogP contribution in [0.1, 0.15) is 6.42 Å². The van der Waals surface area contributed by atoms with Gasteiger partial charge >= 0.3 is 5.69 Å². The third kappa shape index (κ3) is 4.20. The number of aromatic nitrogens is 1. The Morgan fingerprint density at radius 3 is 3.06 bits per heavy atom. The Morgan fingerprint density at radius 1 is 1.71 bits per heavy atom. The molecule has 0 aliphatic carbocycles. The van der Waals surface area contributed by atoms with Crippen LogP contribution in [0, 0.1) is 10.1 Å². The Kier molecular flexibility index (Phi) is 5.71. The summed E-state index contributed by atoms with van der Waals surface area (Å²) in [6, 6.07) is 2.91. The number of nitrogens with one attached hydrogen (secondary N) is 1. The summed E-state index contributed by atoms with van der Waals surface area (Å²) in [6.07, 6.45) is 3.98. The lowest BCUT2D eigenvalue weighted by atomic mass is 10.2. The average Bonchev–Trinajstić information content (AvgIpc) is 2.30. The molecule has 0 saturated carbocycles. The molecule has 0 saturated heterocycles. The molecule has 7 heteroatoms. The van der Waals surface area contributed by atoms with Crippen LogP contribution in [0.25, 0.3) is 0 Å². The molecular formula is C10H15N3O3S. The average molecular weight is 257 g/mol. The van der Waals surface area contributed by atoms with Crippen molar-refractivity contribution in [2.75, 3.05) is 23.9 Å². The highest BCUT2D eigenvalue weighted by Crippen LogP contribution is 2.22. The quantitative estimate of drug-likeness (QED) is 0.568. The van der Waals surface area contributed by atoms with E-state index >= 15 is 0 Å². The van der Waals surface area contributed by atoms with Crippen molar-refractivity contribution >= 4 is 23.3 Å². The largest absolute Gasteiger partial charge is 0.396 e. The molecule has 0 aliphatic heterocycles. The normalized spacial score (nSPS) is 12.1. The molecule has 0 unspecified atom stereocenters. The third-order valence-corrected chi connectivity index (χ3v) is 2.91. The number of anilines is 1. The molecule has 0 aliphatic rings. The van der Waals surface area contributed by atoms with Gasteiger partial charge in [0.05, 0.1) is 4.92 Å². The fraction of sp³-hybridized carbons (Fsp3) is 0.500. The molecule has 17 heavy (non-hydrogen) atoms. The number of aliphatic hydroxyl groups excluding tert-OH is 1. The van der Waals surface area contributed by atoms with E-state index in [9.17, 15) is 10.1 Å². The van der Waals surface area contributed by atoms with Crippen molar-refractivity contribution in [3.63, 3.8) is 0 Å². The standard InChI is InChI=1S/C10H15N3O3S/c1-17-7-8(4-6-14)12-10-9(13(15)16)3-2-5-11-10/h2-3,5,8,14H,4,6-7H2,1H3,(H,11,12)/t8-/m1/s1. The number of hydrogen-bond donors (Lipinski definition) is 2. The van der Waals surface area contributed by atoms with E-state index < -0.39 is 4.92 Å². The molecule has 2 N–H and O–H groups in total. The Balaban J connectivity index is 2.80. The molecule has 1 heterocycles. The SMILES string of the molecule is CSC[C@@H](CCO)Nc1ncccc1[N+](=O)[O-]. The van der Waals surface area contributed by atoms with Gasteiger partial charge in [0.2, 0.25) is 5.82 Å². The lowest BCUT2D eigenvalue weighted by molar-refractivity contribution is -0.384. The van der Waals surface area contributed by atoms with Gasteiger partial charge in [0.15, 0.2) is 0 Å². The molecule has 1 aromatic heterocycles. The number of nitrogens with zero attached hydrogens (tertiary/aromatic N) is 2. The van der Waals surface area contributed by atoms with E-state index in [1.807, 2.05) is 6.26 Å². The van der Waals surface area contributed by atoms with E-state index in [1.165, 1.54) is 18.3 Å². The van der Waals surface area contributed by atoms with Crippen molar-refractivity contribution < 1.29 is 10.0 Å². The van der Waals surface area contributed by atoms with Crippen LogP contribution in [0.3, 0.4) is 0 Å². The first-order valence-corrected chi connectivity index (χ1v) is 6.54. The van der Waals surface area contributed by atoms with Gasteiger partial charge in [-0.2, -0.15) is 11.8 Å². The van der Waals surface area contributed by atoms with E-state index in [1.54, 1.807) is 11.8 Å². The fourth-order valence-electron chi connectivity index (χ4n) is 1.40. The molecule has 94 valence electrons. The second-order valence-electron chi connectivity index (χ2n) is 3.44. The predicted molar refractivity (Wildman–Crippen MR) is 68.4 cm³/mol. The zero-order valence-electron chi connectivity index (χ0n) is 9.50. The van der Waals surface area contributed by atoms with Gasteiger partial charge in [0.1, 0.15) is 0 Å². The van der Waals surface area contributed by atoms with Crippen LogP contribution in [0.2, 0.25) is 0 Å². The highest BCUT2D eigenvalue weighted by atomic mass is 32.2. The van der Waals surface area contributed by atoms with Crippen LogP contribution in [0.5, 0.6) is 0 Å². The zero-order chi connectivity index (χ0) is 12.7. The topological polar surface area (TPSA) is 88.3 Å². The maximum atomic E-state index is 10.8. The van der Waals surface area contributed by atoms with E-state index in [4.69, 9.17) is 5.11 Å². The number of rotatable bonds is 7. The highest BCUT2D eigenvalue weighted by Gasteiger charge is 2.17. The highest BCUT2D eigenvalue weighted by molar-refractivity contribution is 7.98. The van der Waals surface area contributed by atoms with Gasteiger partial charge < -0.3 is 10.4 Å². The molecule has 6 nitrogen and oxygen atoms in total. The van der Waals surface area contributed by atoms with Crippen LogP contribution < -0.4 is 5.32 Å². The molecule has 0 spiro atoms. The number of pyridine rings is 1. The monoisotopic (exact) mass is 257 g/mol. The summed E-state index contributed by atoms with van der Waals surface area (Å²) in [7, 11) is 0. The maximum Gasteiger partial charge on any atom is 0.311 e. The minimum atomic E-state index is -0.468. The maximum absolute atomic E-state index is 10.8. The summed E-state index contributed by atoms with van der Waals surface area (Å²) in [5, 5.41) is 22.7. The summed E-state index contributed by atoms with van der Waals surface area (Å²) in [5.74, 6) is 1.01. The summed E-state index contributed by atoms with van der Waals surface area (Å²) in [6.45, 7) is 0.0405. The van der Waals surface area contributed by atoms with Crippen LogP contribution in [0.15, 0.2) is 18.3 Å². The van der Waals surface area contributed by atoms with Gasteiger partial charge in [0.25, 0.3) is 0 Å². The molecule has 1 rings (SSSR count). The van der Waals surface area contributed by atoms with Crippen molar-refractivity contribution in [3.8, 4) is 0 Å². The number of nitro groups is 1. The van der Waals surface area contributed by atoms with Crippen molar-refractivity contribution in [2.24, 2.45) is 0 Å². The van der Waals surface area contributed by atoms with Gasteiger partial charge in [-0.15, -0.1) is 0 Å². The Bertz CT molecular complexity index is 370. The van der Waals surface area contributed by atoms with Crippen molar-refractivity contribution in [3.05, 3.63) is 28.4 Å². The molecular weight excluding hydrogens is 242 g/mol. The van der Waals surface area contributed by atoms with E-state index in [0.29, 0.717) is 6.42 Å². The van der Waals surface area contributed by atoms with Crippen molar-refractivity contribution in [2.45, 2.75) is 12.5 Å². The minimum absolute atomic E-state index is 0.0244. The first-order valence-electron chi connectivity index (χ1n) is 5.14. The summed E-state index contributed by atoms with van der Waals surface area (Å²) in [4.78, 5) is 14.3. The van der Waals surface area contributed by atoms with E-state index in [2.05, 4.69) is 10.3 Å². The fourth-order valence-corrected chi connectivity index (χ4v) is 2.06. The van der Waals surface area contributed by atoms with E-state index in [0.717, 1.165) is 5.75 Å². The Morgan fingerprint density at radius 2 is 2.47 bits per heavy atom. The van der Waals surface area contributed by atoms with Crippen LogP contribution in [-0.2, 0) is 0 Å². The van der Waals surface area contributed by atoms with Crippen LogP contribution in [0.4, 0.5) is 11.5 Å². The molecule has 0 fully saturated rings. The van der Waals surface area contributed by atoms with Gasteiger partial charge in [-0.3, -0.25) is 10.1 Å². The van der Waals surface area contributed by atoms with Gasteiger partial charge in [0, 0.05) is 30.7 Å². The van der Waals surface area contributed by atoms with E-state index in [-0.39, 0.29) is 24.2 Å². The smallest absolute Gasteiger partial charge is 0.311 e. The lowest BCUT2D eigenvalue weighted by Gasteiger charge is -2.16. The summed E-state index contributed by atoms with van der Waals surface area (Å²) in [5.41, 5.74) is -0.0449. The van der Waals surface area contributed by atoms with Gasteiger partial charge in [-0.25, -0.2) is 4.98 Å². The van der Waals surface area contributed by atoms with Gasteiger partial charge in [-0.05, 0) is 18.7 Å². The van der Waals surface area contributed by atoms with Crippen LogP contribution >= 0.6 is 11.8 Å². The lowest BCUT2D eigenvalue weighted by Crippen LogP contribution is -2.24. The minimum Gasteiger partial charge on any atom is -0.396 e. The second kappa shape index (κ2) is 7.08. The number of aliphatic hydroxyl groups is 1. The molecule has 1 atom stereocenters. The molecule has 0 bridgehead atoms. The van der Waals surface area contributed by atoms with Gasteiger partial charge in [-0.1, -0.05) is 0 Å². The van der Waals surface area contributed by atoms with Crippen molar-refractivity contribution in [1.82, 2.24) is 4.98 Å². The predicted octanol–water partition coefficient (Wildman–Crippen LogP) is 1.52. The Labute approximate surface area is 104 Å². The molecule has 1 aromatic rings. The molecule has 0 amide bonds. The summed E-state index contributed by atoms with van der Waals surface area (Å²) < 4.78 is 0. The zero-order valence-corrected chi connectivity index (χ0v) is 10.3. The third-order valence-electron chi connectivity index (χ3n) is 2.17. The first kappa shape index (κ1) is 13.7. The first-order chi connectivity index (χ1) is 8.19. The molecule has 0 aromatic carbocycles. The summed E-state index contributed by atoms with van der Waals surface area (Å²) >= 11 is 1.61.